The minimum atomic E-state index is 0.128. The van der Waals surface area contributed by atoms with Crippen molar-refractivity contribution in [1.29, 1.82) is 0 Å². The van der Waals surface area contributed by atoms with Crippen LogP contribution in [0.1, 0.15) is 36.5 Å². The Balaban J connectivity index is 1.78. The van der Waals surface area contributed by atoms with Gasteiger partial charge in [0.25, 0.3) is 5.91 Å². The van der Waals surface area contributed by atoms with E-state index in [1.165, 1.54) is 0 Å². The molecule has 1 saturated heterocycles. The smallest absolute Gasteiger partial charge is 0.253 e. The summed E-state index contributed by atoms with van der Waals surface area (Å²) in [7, 11) is 1.68. The summed E-state index contributed by atoms with van der Waals surface area (Å²) in [6, 6.07) is 7.47. The average molecular weight is 334 g/mol. The monoisotopic (exact) mass is 334 g/mol. The number of rotatable bonds is 9. The van der Waals surface area contributed by atoms with Gasteiger partial charge in [-0.15, -0.1) is 0 Å². The Kier molecular flexibility index (Phi) is 8.05. The largest absolute Gasteiger partial charge is 0.494 e. The van der Waals surface area contributed by atoms with E-state index in [9.17, 15) is 4.79 Å². The lowest BCUT2D eigenvalue weighted by atomic mass is 9.96. The van der Waals surface area contributed by atoms with E-state index in [1.54, 1.807) is 7.11 Å². The summed E-state index contributed by atoms with van der Waals surface area (Å²) in [4.78, 5) is 14.6. The Hall–Kier alpha value is -1.59. The van der Waals surface area contributed by atoms with E-state index in [1.807, 2.05) is 29.2 Å². The van der Waals surface area contributed by atoms with E-state index in [0.717, 1.165) is 56.8 Å². The fourth-order valence-electron chi connectivity index (χ4n) is 2.96. The number of methoxy groups -OCH3 is 1. The summed E-state index contributed by atoms with van der Waals surface area (Å²) in [5.74, 6) is 1.62. The number of amides is 1. The van der Waals surface area contributed by atoms with Gasteiger partial charge in [-0.05, 0) is 56.1 Å². The number of hydrogen-bond acceptors (Lipinski definition) is 4. The van der Waals surface area contributed by atoms with Crippen molar-refractivity contribution in [2.45, 2.75) is 26.2 Å². The molecular weight excluding hydrogens is 304 g/mol. The summed E-state index contributed by atoms with van der Waals surface area (Å²) in [6.07, 6.45) is 3.03. The third-order valence-electron chi connectivity index (χ3n) is 4.45. The maximum atomic E-state index is 12.6. The van der Waals surface area contributed by atoms with Gasteiger partial charge < -0.3 is 19.7 Å². The molecule has 5 nitrogen and oxygen atoms in total. The Morgan fingerprint density at radius 1 is 1.21 bits per heavy atom. The highest BCUT2D eigenvalue weighted by molar-refractivity contribution is 5.94. The molecule has 0 unspecified atom stereocenters. The van der Waals surface area contributed by atoms with Crippen LogP contribution in [0.15, 0.2) is 24.3 Å². The van der Waals surface area contributed by atoms with Crippen LogP contribution in [0.4, 0.5) is 0 Å². The van der Waals surface area contributed by atoms with Gasteiger partial charge in [-0.25, -0.2) is 0 Å². The normalized spacial score (nSPS) is 15.5. The molecule has 134 valence electrons. The molecule has 1 aromatic rings. The van der Waals surface area contributed by atoms with Gasteiger partial charge in [0.05, 0.1) is 6.61 Å². The van der Waals surface area contributed by atoms with Crippen LogP contribution in [-0.4, -0.2) is 57.3 Å². The number of ether oxygens (including phenoxy) is 2. The molecule has 1 aliphatic heterocycles. The molecule has 24 heavy (non-hydrogen) atoms. The van der Waals surface area contributed by atoms with Gasteiger partial charge in [-0.1, -0.05) is 6.92 Å². The molecule has 0 aliphatic carbocycles. The topological polar surface area (TPSA) is 50.8 Å². The van der Waals surface area contributed by atoms with Crippen LogP contribution in [0.3, 0.4) is 0 Å². The summed E-state index contributed by atoms with van der Waals surface area (Å²) >= 11 is 0. The standard InChI is InChI=1S/C19H30N2O3/c1-3-20-15-16-9-11-21(12-10-16)19(22)17-5-7-18(8-6-17)24-14-4-13-23-2/h5-8,16,20H,3-4,9-15H2,1-2H3. The third-order valence-corrected chi connectivity index (χ3v) is 4.45. The molecule has 5 heteroatoms. The zero-order chi connectivity index (χ0) is 17.2. The first-order valence-electron chi connectivity index (χ1n) is 8.96. The highest BCUT2D eigenvalue weighted by Crippen LogP contribution is 2.20. The second kappa shape index (κ2) is 10.3. The third kappa shape index (κ3) is 5.80. The lowest BCUT2D eigenvalue weighted by molar-refractivity contribution is 0.0690. The second-order valence-electron chi connectivity index (χ2n) is 6.26. The van der Waals surface area contributed by atoms with Crippen LogP contribution in [0.2, 0.25) is 0 Å². The molecular formula is C19H30N2O3. The van der Waals surface area contributed by atoms with Crippen LogP contribution >= 0.6 is 0 Å². The van der Waals surface area contributed by atoms with Gasteiger partial charge in [0, 0.05) is 38.8 Å². The van der Waals surface area contributed by atoms with Crippen molar-refractivity contribution in [1.82, 2.24) is 10.2 Å². The lowest BCUT2D eigenvalue weighted by Gasteiger charge is -2.32. The van der Waals surface area contributed by atoms with E-state index in [2.05, 4.69) is 12.2 Å². The van der Waals surface area contributed by atoms with E-state index in [4.69, 9.17) is 9.47 Å². The SMILES string of the molecule is CCNCC1CCN(C(=O)c2ccc(OCCCOC)cc2)CC1. The van der Waals surface area contributed by atoms with E-state index in [-0.39, 0.29) is 5.91 Å². The number of likely N-dealkylation sites (tertiary alicyclic amines) is 1. The number of piperidine rings is 1. The lowest BCUT2D eigenvalue weighted by Crippen LogP contribution is -2.40. The fraction of sp³-hybridized carbons (Fsp3) is 0.632. The van der Waals surface area contributed by atoms with Crippen molar-refractivity contribution in [3.8, 4) is 5.75 Å². The van der Waals surface area contributed by atoms with Crippen molar-refractivity contribution < 1.29 is 14.3 Å². The molecule has 1 fully saturated rings. The second-order valence-corrected chi connectivity index (χ2v) is 6.26. The predicted octanol–water partition coefficient (Wildman–Crippen LogP) is 2.56. The maximum absolute atomic E-state index is 12.6. The number of hydrogen-bond donors (Lipinski definition) is 1. The minimum absolute atomic E-state index is 0.128. The highest BCUT2D eigenvalue weighted by Gasteiger charge is 2.23. The van der Waals surface area contributed by atoms with Crippen molar-refractivity contribution in [3.63, 3.8) is 0 Å². The molecule has 1 aliphatic rings. The summed E-state index contributed by atoms with van der Waals surface area (Å²) in [6.45, 7) is 7.23. The summed E-state index contributed by atoms with van der Waals surface area (Å²) < 4.78 is 10.6. The molecule has 0 radical (unpaired) electrons. The Morgan fingerprint density at radius 3 is 2.54 bits per heavy atom. The van der Waals surface area contributed by atoms with Gasteiger partial charge in [-0.3, -0.25) is 4.79 Å². The Bertz CT molecular complexity index is 482. The number of nitrogens with one attached hydrogen (secondary N) is 1. The predicted molar refractivity (Wildman–Crippen MR) is 95.6 cm³/mol. The van der Waals surface area contributed by atoms with Gasteiger partial charge in [0.1, 0.15) is 5.75 Å². The highest BCUT2D eigenvalue weighted by atomic mass is 16.5. The zero-order valence-electron chi connectivity index (χ0n) is 14.9. The van der Waals surface area contributed by atoms with Crippen LogP contribution < -0.4 is 10.1 Å². The van der Waals surface area contributed by atoms with Gasteiger partial charge >= 0.3 is 0 Å². The quantitative estimate of drug-likeness (QED) is 0.705. The van der Waals surface area contributed by atoms with Crippen LogP contribution in [-0.2, 0) is 4.74 Å². The van der Waals surface area contributed by atoms with Crippen molar-refractivity contribution in [2.75, 3.05) is 46.5 Å². The van der Waals surface area contributed by atoms with E-state index >= 15 is 0 Å². The summed E-state index contributed by atoms with van der Waals surface area (Å²) in [5, 5.41) is 3.40. The van der Waals surface area contributed by atoms with Crippen molar-refractivity contribution in [3.05, 3.63) is 29.8 Å². The van der Waals surface area contributed by atoms with Crippen molar-refractivity contribution >= 4 is 5.91 Å². The number of benzene rings is 1. The van der Waals surface area contributed by atoms with E-state index < -0.39 is 0 Å². The van der Waals surface area contributed by atoms with Crippen LogP contribution in [0, 0.1) is 5.92 Å². The summed E-state index contributed by atoms with van der Waals surface area (Å²) in [5.41, 5.74) is 0.740. The van der Waals surface area contributed by atoms with Gasteiger partial charge in [-0.2, -0.15) is 0 Å². The van der Waals surface area contributed by atoms with Crippen molar-refractivity contribution in [2.24, 2.45) is 5.92 Å². The first-order valence-corrected chi connectivity index (χ1v) is 8.96. The first kappa shape index (κ1) is 18.7. The maximum Gasteiger partial charge on any atom is 0.253 e. The molecule has 0 spiro atoms. The number of carbonyl (C=O) groups is 1. The molecule has 1 aromatic carbocycles. The van der Waals surface area contributed by atoms with Crippen LogP contribution in [0.25, 0.3) is 0 Å². The molecule has 0 aromatic heterocycles. The molecule has 2 rings (SSSR count). The molecule has 0 atom stereocenters. The number of nitrogens with zero attached hydrogens (tertiary/aromatic N) is 1. The Labute approximate surface area is 145 Å². The number of carbonyl (C=O) groups excluding carboxylic acids is 1. The average Bonchev–Trinajstić information content (AvgIpc) is 2.64. The molecule has 0 saturated carbocycles. The first-order chi connectivity index (χ1) is 11.7. The van der Waals surface area contributed by atoms with Gasteiger partial charge in [0.15, 0.2) is 0 Å². The molecule has 0 bridgehead atoms. The minimum Gasteiger partial charge on any atom is -0.494 e. The molecule has 1 heterocycles. The molecule has 1 amide bonds. The molecule has 1 N–H and O–H groups in total. The van der Waals surface area contributed by atoms with Gasteiger partial charge in [0.2, 0.25) is 0 Å². The van der Waals surface area contributed by atoms with E-state index in [0.29, 0.717) is 19.1 Å². The Morgan fingerprint density at radius 2 is 1.92 bits per heavy atom. The van der Waals surface area contributed by atoms with Crippen LogP contribution in [0.5, 0.6) is 5.75 Å². The zero-order valence-corrected chi connectivity index (χ0v) is 14.9. The fourth-order valence-corrected chi connectivity index (χ4v) is 2.96.